The van der Waals surface area contributed by atoms with Crippen LogP contribution in [0.4, 0.5) is 0 Å². The number of hydrogen-bond acceptors (Lipinski definition) is 4. The Kier molecular flexibility index (Phi) is 3.40. The zero-order chi connectivity index (χ0) is 12.5. The lowest BCUT2D eigenvalue weighted by Gasteiger charge is -2.13. The molecule has 0 saturated carbocycles. The minimum atomic E-state index is -3.18. The van der Waals surface area contributed by atoms with Crippen LogP contribution in [-0.4, -0.2) is 37.4 Å². The van der Waals surface area contributed by atoms with Crippen molar-refractivity contribution in [3.63, 3.8) is 0 Å². The van der Waals surface area contributed by atoms with Gasteiger partial charge in [0.2, 0.25) is 0 Å². The van der Waals surface area contributed by atoms with E-state index in [-0.39, 0.29) is 11.5 Å². The molecule has 1 aromatic carbocycles. The maximum atomic E-state index is 11.7. The Morgan fingerprint density at radius 1 is 1.24 bits per heavy atom. The molecule has 0 aliphatic carbocycles. The van der Waals surface area contributed by atoms with Gasteiger partial charge in [0.25, 0.3) is 0 Å². The van der Waals surface area contributed by atoms with Crippen LogP contribution in [0.3, 0.4) is 0 Å². The Morgan fingerprint density at radius 3 is 2.41 bits per heavy atom. The Bertz CT molecular complexity index is 512. The van der Waals surface area contributed by atoms with Crippen LogP contribution in [-0.2, 0) is 14.6 Å². The summed E-state index contributed by atoms with van der Waals surface area (Å²) in [6.45, 7) is 0. The normalized spacial score (nSPS) is 26.6. The molecule has 0 N–H and O–H groups in total. The first-order valence-electron chi connectivity index (χ1n) is 5.08. The molecule has 0 bridgehead atoms. The first kappa shape index (κ1) is 12.4. The second-order valence-corrected chi connectivity index (χ2v) is 6.62. The average molecular weight is 275 g/mol. The number of carbonyl (C=O) groups is 1. The number of rotatable bonds is 2. The van der Waals surface area contributed by atoms with Gasteiger partial charge >= 0.3 is 5.97 Å². The lowest BCUT2D eigenvalue weighted by atomic mass is 10.2. The molecule has 92 valence electrons. The van der Waals surface area contributed by atoms with Crippen molar-refractivity contribution < 1.29 is 17.9 Å². The number of benzene rings is 1. The number of hydrogen-bond donors (Lipinski definition) is 0. The van der Waals surface area contributed by atoms with Crippen molar-refractivity contribution in [1.29, 1.82) is 0 Å². The van der Waals surface area contributed by atoms with E-state index in [0.717, 1.165) is 0 Å². The number of alkyl halides is 1. The summed E-state index contributed by atoms with van der Waals surface area (Å²) in [4.78, 5) is 11.7. The van der Waals surface area contributed by atoms with Crippen molar-refractivity contribution >= 4 is 27.4 Å². The molecule has 0 amide bonds. The molecule has 2 atom stereocenters. The van der Waals surface area contributed by atoms with E-state index in [1.54, 1.807) is 30.3 Å². The number of sulfone groups is 1. The zero-order valence-electron chi connectivity index (χ0n) is 8.87. The fourth-order valence-electron chi connectivity index (χ4n) is 1.66. The van der Waals surface area contributed by atoms with Crippen molar-refractivity contribution in [2.45, 2.75) is 11.5 Å². The molecular formula is C11H11ClO4S. The fraction of sp³-hybridized carbons (Fsp3) is 0.364. The summed E-state index contributed by atoms with van der Waals surface area (Å²) in [5.74, 6) is -0.876. The average Bonchev–Trinajstić information content (AvgIpc) is 2.53. The van der Waals surface area contributed by atoms with Crippen molar-refractivity contribution in [3.8, 4) is 0 Å². The van der Waals surface area contributed by atoms with Crippen molar-refractivity contribution in [2.24, 2.45) is 0 Å². The van der Waals surface area contributed by atoms with E-state index < -0.39 is 27.3 Å². The summed E-state index contributed by atoms with van der Waals surface area (Å²) in [5.41, 5.74) is 0.390. The molecule has 17 heavy (non-hydrogen) atoms. The van der Waals surface area contributed by atoms with Crippen LogP contribution in [0.15, 0.2) is 30.3 Å². The first-order chi connectivity index (χ1) is 7.98. The van der Waals surface area contributed by atoms with Crippen LogP contribution in [0.1, 0.15) is 10.4 Å². The summed E-state index contributed by atoms with van der Waals surface area (Å²) >= 11 is 5.84. The van der Waals surface area contributed by atoms with Crippen LogP contribution >= 0.6 is 11.6 Å². The minimum absolute atomic E-state index is 0.138. The van der Waals surface area contributed by atoms with Gasteiger partial charge in [-0.15, -0.1) is 11.6 Å². The van der Waals surface area contributed by atoms with Gasteiger partial charge < -0.3 is 4.74 Å². The molecule has 1 fully saturated rings. The van der Waals surface area contributed by atoms with E-state index >= 15 is 0 Å². The van der Waals surface area contributed by atoms with E-state index in [1.807, 2.05) is 0 Å². The van der Waals surface area contributed by atoms with Gasteiger partial charge in [-0.25, -0.2) is 13.2 Å². The molecule has 1 aliphatic heterocycles. The third kappa shape index (κ3) is 2.98. The molecule has 2 rings (SSSR count). The molecule has 0 spiro atoms. The second-order valence-electron chi connectivity index (χ2n) is 3.90. The Balaban J connectivity index is 2.06. The first-order valence-corrected chi connectivity index (χ1v) is 7.34. The molecule has 2 unspecified atom stereocenters. The molecule has 0 radical (unpaired) electrons. The van der Waals surface area contributed by atoms with Gasteiger partial charge in [-0.1, -0.05) is 18.2 Å². The summed E-state index contributed by atoms with van der Waals surface area (Å²) in [5, 5.41) is -0.660. The minimum Gasteiger partial charge on any atom is -0.456 e. The highest BCUT2D eigenvalue weighted by atomic mass is 35.5. The number of esters is 1. The highest BCUT2D eigenvalue weighted by molar-refractivity contribution is 7.91. The van der Waals surface area contributed by atoms with E-state index in [0.29, 0.717) is 5.56 Å². The van der Waals surface area contributed by atoms with Crippen molar-refractivity contribution in [1.82, 2.24) is 0 Å². The predicted octanol–water partition coefficient (Wildman–Crippen LogP) is 1.25. The lowest BCUT2D eigenvalue weighted by Crippen LogP contribution is -2.26. The number of ether oxygens (including phenoxy) is 1. The third-order valence-electron chi connectivity index (χ3n) is 2.50. The van der Waals surface area contributed by atoms with Gasteiger partial charge in [0, 0.05) is 0 Å². The molecule has 1 saturated heterocycles. The van der Waals surface area contributed by atoms with Crippen LogP contribution in [0.2, 0.25) is 0 Å². The Morgan fingerprint density at radius 2 is 1.88 bits per heavy atom. The third-order valence-corrected chi connectivity index (χ3v) is 4.82. The largest absolute Gasteiger partial charge is 0.456 e. The van der Waals surface area contributed by atoms with E-state index in [1.165, 1.54) is 0 Å². The Labute approximate surface area is 104 Å². The van der Waals surface area contributed by atoms with Gasteiger partial charge in [0.05, 0.1) is 22.4 Å². The SMILES string of the molecule is O=C(OC1CS(=O)(=O)CC1Cl)c1ccccc1. The summed E-state index contributed by atoms with van der Waals surface area (Å²) < 4.78 is 27.7. The van der Waals surface area contributed by atoms with Gasteiger partial charge in [-0.05, 0) is 12.1 Å². The molecule has 1 aliphatic rings. The predicted molar refractivity (Wildman–Crippen MR) is 63.9 cm³/mol. The highest BCUT2D eigenvalue weighted by Gasteiger charge is 2.39. The van der Waals surface area contributed by atoms with Gasteiger partial charge in [-0.2, -0.15) is 0 Å². The molecule has 4 nitrogen and oxygen atoms in total. The molecule has 6 heteroatoms. The van der Waals surface area contributed by atoms with Crippen LogP contribution in [0, 0.1) is 0 Å². The quantitative estimate of drug-likeness (QED) is 0.601. The smallest absolute Gasteiger partial charge is 0.338 e. The maximum Gasteiger partial charge on any atom is 0.338 e. The topological polar surface area (TPSA) is 60.4 Å². The number of carbonyl (C=O) groups excluding carboxylic acids is 1. The summed E-state index contributed by atoms with van der Waals surface area (Å²) in [6, 6.07) is 8.41. The van der Waals surface area contributed by atoms with E-state index in [2.05, 4.69) is 0 Å². The zero-order valence-corrected chi connectivity index (χ0v) is 10.4. The standard InChI is InChI=1S/C11H11ClO4S/c12-9-6-17(14,15)7-10(9)16-11(13)8-4-2-1-3-5-8/h1-5,9-10H,6-7H2. The summed E-state index contributed by atoms with van der Waals surface area (Å²) in [6.07, 6.45) is -0.755. The van der Waals surface area contributed by atoms with Crippen LogP contribution in [0.25, 0.3) is 0 Å². The maximum absolute atomic E-state index is 11.7. The van der Waals surface area contributed by atoms with E-state index in [4.69, 9.17) is 16.3 Å². The highest BCUT2D eigenvalue weighted by Crippen LogP contribution is 2.21. The Hall–Kier alpha value is -1.07. The van der Waals surface area contributed by atoms with Gasteiger partial charge in [-0.3, -0.25) is 0 Å². The number of halogens is 1. The summed E-state index contributed by atoms with van der Waals surface area (Å²) in [7, 11) is -3.18. The molecule has 1 heterocycles. The lowest BCUT2D eigenvalue weighted by molar-refractivity contribution is 0.0362. The van der Waals surface area contributed by atoms with E-state index in [9.17, 15) is 13.2 Å². The van der Waals surface area contributed by atoms with Gasteiger partial charge in [0.1, 0.15) is 6.10 Å². The monoisotopic (exact) mass is 274 g/mol. The fourth-order valence-corrected chi connectivity index (χ4v) is 4.12. The molecular weight excluding hydrogens is 264 g/mol. The molecule has 0 aromatic heterocycles. The second kappa shape index (κ2) is 4.66. The van der Waals surface area contributed by atoms with Crippen LogP contribution < -0.4 is 0 Å². The van der Waals surface area contributed by atoms with Crippen LogP contribution in [0.5, 0.6) is 0 Å². The van der Waals surface area contributed by atoms with Crippen molar-refractivity contribution in [2.75, 3.05) is 11.5 Å². The van der Waals surface area contributed by atoms with Crippen molar-refractivity contribution in [3.05, 3.63) is 35.9 Å². The van der Waals surface area contributed by atoms with Gasteiger partial charge in [0.15, 0.2) is 9.84 Å². The molecule has 1 aromatic rings.